The number of hydrogen-bond acceptors (Lipinski definition) is 4. The average Bonchev–Trinajstić information content (AvgIpc) is 3.26. The molecule has 0 amide bonds. The van der Waals surface area contributed by atoms with Gasteiger partial charge in [0.15, 0.2) is 0 Å². The molecule has 8 rings (SSSR count). The smallest absolute Gasteiger partial charge is 0.123 e. The lowest BCUT2D eigenvalue weighted by atomic mass is 9.98. The number of aromatic hydroxyl groups is 2. The van der Waals surface area contributed by atoms with E-state index in [9.17, 15) is 10.2 Å². The third-order valence-corrected chi connectivity index (χ3v) is 9.63. The molecule has 4 nitrogen and oxygen atoms in total. The first-order chi connectivity index (χ1) is 27.6. The van der Waals surface area contributed by atoms with Gasteiger partial charge >= 0.3 is 0 Å². The SMILES string of the molecule is Oc1ccc(C=Cc2ccc(N(c3ccccc3)c3ccccc3)cc2)cc1-c1cc(C=Cc2ccc(N(c3ccccc3)c3ccccc3)cc2)ccc1O. The highest BCUT2D eigenvalue weighted by atomic mass is 16.3. The van der Waals surface area contributed by atoms with Crippen molar-refractivity contribution in [3.05, 3.63) is 229 Å². The van der Waals surface area contributed by atoms with Crippen molar-refractivity contribution in [2.24, 2.45) is 0 Å². The Morgan fingerprint density at radius 3 is 0.821 bits per heavy atom. The maximum Gasteiger partial charge on any atom is 0.123 e. The first kappa shape index (κ1) is 35.5. The Morgan fingerprint density at radius 1 is 0.268 bits per heavy atom. The molecule has 0 saturated carbocycles. The number of para-hydroxylation sites is 4. The zero-order valence-electron chi connectivity index (χ0n) is 30.7. The summed E-state index contributed by atoms with van der Waals surface area (Å²) in [4.78, 5) is 4.47. The molecule has 0 spiro atoms. The van der Waals surface area contributed by atoms with Gasteiger partial charge in [0, 0.05) is 45.3 Å². The first-order valence-corrected chi connectivity index (χ1v) is 18.6. The van der Waals surface area contributed by atoms with E-state index in [1.54, 1.807) is 12.1 Å². The van der Waals surface area contributed by atoms with Crippen LogP contribution in [0.15, 0.2) is 206 Å². The molecule has 0 radical (unpaired) electrons. The molecule has 0 bridgehead atoms. The number of rotatable bonds is 11. The number of benzene rings is 8. The van der Waals surface area contributed by atoms with E-state index >= 15 is 0 Å². The van der Waals surface area contributed by atoms with Crippen molar-refractivity contribution in [1.82, 2.24) is 0 Å². The summed E-state index contributed by atoms with van der Waals surface area (Å²) in [6, 6.07) is 69.2. The monoisotopic (exact) mass is 724 g/mol. The van der Waals surface area contributed by atoms with E-state index in [-0.39, 0.29) is 11.5 Å². The van der Waals surface area contributed by atoms with Crippen LogP contribution < -0.4 is 9.80 Å². The van der Waals surface area contributed by atoms with Crippen molar-refractivity contribution in [1.29, 1.82) is 0 Å². The van der Waals surface area contributed by atoms with Gasteiger partial charge in [-0.2, -0.15) is 0 Å². The first-order valence-electron chi connectivity index (χ1n) is 18.6. The third kappa shape index (κ3) is 8.15. The van der Waals surface area contributed by atoms with Crippen molar-refractivity contribution in [3.63, 3.8) is 0 Å². The van der Waals surface area contributed by atoms with Gasteiger partial charge in [0.05, 0.1) is 0 Å². The summed E-state index contributed by atoms with van der Waals surface area (Å²) in [6.45, 7) is 0. The Bertz CT molecular complexity index is 2310. The lowest BCUT2D eigenvalue weighted by Crippen LogP contribution is -2.09. The summed E-state index contributed by atoms with van der Waals surface area (Å²) >= 11 is 0. The average molecular weight is 725 g/mol. The van der Waals surface area contributed by atoms with Crippen molar-refractivity contribution in [2.75, 3.05) is 9.80 Å². The van der Waals surface area contributed by atoms with Gasteiger partial charge in [-0.25, -0.2) is 0 Å². The number of hydrogen-bond donors (Lipinski definition) is 2. The van der Waals surface area contributed by atoms with Gasteiger partial charge in [0.2, 0.25) is 0 Å². The third-order valence-electron chi connectivity index (χ3n) is 9.63. The second kappa shape index (κ2) is 16.6. The van der Waals surface area contributed by atoms with Gasteiger partial charge < -0.3 is 20.0 Å². The van der Waals surface area contributed by atoms with Crippen molar-refractivity contribution in [2.45, 2.75) is 0 Å². The fraction of sp³-hybridized carbons (Fsp3) is 0. The summed E-state index contributed by atoms with van der Waals surface area (Å²) in [5.41, 5.74) is 11.5. The van der Waals surface area contributed by atoms with Gasteiger partial charge in [-0.3, -0.25) is 0 Å². The Labute approximate surface area is 328 Å². The Kier molecular flexibility index (Phi) is 10.5. The summed E-state index contributed by atoms with van der Waals surface area (Å²) in [5.74, 6) is 0.198. The molecule has 0 aliphatic carbocycles. The predicted octanol–water partition coefficient (Wildman–Crippen LogP) is 14.0. The van der Waals surface area contributed by atoms with Crippen LogP contribution in [0.5, 0.6) is 11.5 Å². The highest BCUT2D eigenvalue weighted by Gasteiger charge is 2.14. The van der Waals surface area contributed by atoms with Crippen LogP contribution in [-0.4, -0.2) is 10.2 Å². The highest BCUT2D eigenvalue weighted by Crippen LogP contribution is 2.39. The van der Waals surface area contributed by atoms with Crippen LogP contribution in [0.4, 0.5) is 34.1 Å². The fourth-order valence-electron chi connectivity index (χ4n) is 6.80. The zero-order chi connectivity index (χ0) is 38.1. The molecule has 0 fully saturated rings. The van der Waals surface area contributed by atoms with E-state index < -0.39 is 0 Å². The van der Waals surface area contributed by atoms with Crippen LogP contribution in [-0.2, 0) is 0 Å². The summed E-state index contributed by atoms with van der Waals surface area (Å²) in [6.07, 6.45) is 8.15. The Hall–Kier alpha value is -7.56. The van der Waals surface area contributed by atoms with Gasteiger partial charge in [0.25, 0.3) is 0 Å². The van der Waals surface area contributed by atoms with E-state index in [1.165, 1.54) is 0 Å². The Morgan fingerprint density at radius 2 is 0.518 bits per heavy atom. The summed E-state index contributed by atoms with van der Waals surface area (Å²) in [5, 5.41) is 21.9. The van der Waals surface area contributed by atoms with Crippen LogP contribution >= 0.6 is 0 Å². The van der Waals surface area contributed by atoms with Crippen LogP contribution in [0.1, 0.15) is 22.3 Å². The molecule has 8 aromatic carbocycles. The minimum atomic E-state index is 0.0989. The lowest BCUT2D eigenvalue weighted by molar-refractivity contribution is 0.469. The normalized spacial score (nSPS) is 11.2. The van der Waals surface area contributed by atoms with E-state index in [0.29, 0.717) is 11.1 Å². The molecular weight excluding hydrogens is 685 g/mol. The van der Waals surface area contributed by atoms with E-state index in [0.717, 1.165) is 56.4 Å². The standard InChI is InChI=1S/C52H40N2O2/c55-51-35-29-41(23-21-39-25-31-47(32-26-39)53(43-13-5-1-6-14-43)44-15-7-2-8-16-44)37-49(51)50-38-42(30-36-52(50)56)24-22-40-27-33-48(34-28-40)54(45-17-9-3-10-18-45)46-19-11-4-12-20-46/h1-38,55-56H. The summed E-state index contributed by atoms with van der Waals surface area (Å²) in [7, 11) is 0. The van der Waals surface area contributed by atoms with E-state index in [4.69, 9.17) is 0 Å². The molecule has 0 atom stereocenters. The second-order valence-corrected chi connectivity index (χ2v) is 13.4. The quantitative estimate of drug-likeness (QED) is 0.130. The van der Waals surface area contributed by atoms with Gasteiger partial charge in [0.1, 0.15) is 11.5 Å². The van der Waals surface area contributed by atoms with E-state index in [2.05, 4.69) is 119 Å². The van der Waals surface area contributed by atoms with Crippen LogP contribution in [0.3, 0.4) is 0 Å². The zero-order valence-corrected chi connectivity index (χ0v) is 30.7. The number of nitrogens with zero attached hydrogens (tertiary/aromatic N) is 2. The molecular formula is C52H40N2O2. The molecule has 0 saturated heterocycles. The Balaban J connectivity index is 0.999. The van der Waals surface area contributed by atoms with Gasteiger partial charge in [-0.1, -0.05) is 133 Å². The largest absolute Gasteiger partial charge is 0.507 e. The number of anilines is 6. The van der Waals surface area contributed by atoms with Crippen LogP contribution in [0.2, 0.25) is 0 Å². The molecule has 2 N–H and O–H groups in total. The van der Waals surface area contributed by atoms with Gasteiger partial charge in [-0.15, -0.1) is 0 Å². The van der Waals surface area contributed by atoms with Crippen LogP contribution in [0, 0.1) is 0 Å². The fourth-order valence-corrected chi connectivity index (χ4v) is 6.80. The van der Waals surface area contributed by atoms with Crippen molar-refractivity contribution < 1.29 is 10.2 Å². The molecule has 8 aromatic rings. The minimum absolute atomic E-state index is 0.0989. The molecule has 0 aliphatic rings. The van der Waals surface area contributed by atoms with E-state index in [1.807, 2.05) is 109 Å². The molecule has 0 aromatic heterocycles. The van der Waals surface area contributed by atoms with Crippen LogP contribution in [0.25, 0.3) is 35.4 Å². The molecule has 270 valence electrons. The van der Waals surface area contributed by atoms with Crippen molar-refractivity contribution >= 4 is 58.4 Å². The highest BCUT2D eigenvalue weighted by molar-refractivity contribution is 5.84. The second-order valence-electron chi connectivity index (χ2n) is 13.4. The minimum Gasteiger partial charge on any atom is -0.507 e. The molecule has 0 unspecified atom stereocenters. The molecule has 0 aliphatic heterocycles. The van der Waals surface area contributed by atoms with Gasteiger partial charge in [-0.05, 0) is 119 Å². The topological polar surface area (TPSA) is 46.9 Å². The maximum absolute atomic E-state index is 10.9. The summed E-state index contributed by atoms with van der Waals surface area (Å²) < 4.78 is 0. The number of phenolic OH excluding ortho intramolecular Hbond substituents is 2. The number of phenols is 2. The molecule has 56 heavy (non-hydrogen) atoms. The molecule has 0 heterocycles. The lowest BCUT2D eigenvalue weighted by Gasteiger charge is -2.25. The maximum atomic E-state index is 10.9. The predicted molar refractivity (Wildman–Crippen MR) is 235 cm³/mol. The molecule has 4 heteroatoms. The van der Waals surface area contributed by atoms with Crippen molar-refractivity contribution in [3.8, 4) is 22.6 Å².